The fraction of sp³-hybridized carbons (Fsp3) is 0.364. The van der Waals surface area contributed by atoms with Gasteiger partial charge in [-0.2, -0.15) is 0 Å². The Hall–Kier alpha value is -3.66. The van der Waals surface area contributed by atoms with Crippen molar-refractivity contribution in [3.05, 3.63) is 58.4 Å². The predicted octanol–water partition coefficient (Wildman–Crippen LogP) is -0.0984. The van der Waals surface area contributed by atoms with Crippen molar-refractivity contribution in [3.63, 3.8) is 0 Å². The average Bonchev–Trinajstić information content (AvgIpc) is 3.29. The molecule has 0 radical (unpaired) electrons. The third kappa shape index (κ3) is 2.38. The molecular formula is C22H22N4O6. The molecule has 0 aromatic heterocycles. The maximum atomic E-state index is 13.2. The number of ketones is 2. The minimum atomic E-state index is -1.26. The Balaban J connectivity index is 1.58. The predicted molar refractivity (Wildman–Crippen MR) is 110 cm³/mol. The molecule has 0 unspecified atom stereocenters. The molecule has 2 fully saturated rings. The number of rotatable bonds is 4. The number of Topliss-reactive ketones (excluding diaryl/α,β-unsaturated/α-hetero) is 2. The fourth-order valence-corrected chi connectivity index (χ4v) is 5.48. The number of nitrogens with zero attached hydrogens (tertiary/aromatic N) is 2. The van der Waals surface area contributed by atoms with Crippen LogP contribution in [0.25, 0.3) is 0 Å². The molecule has 10 heteroatoms. The Morgan fingerprint density at radius 1 is 1.19 bits per heavy atom. The Kier molecular flexibility index (Phi) is 4.22. The van der Waals surface area contributed by atoms with Crippen molar-refractivity contribution in [1.82, 2.24) is 9.80 Å². The lowest BCUT2D eigenvalue weighted by molar-refractivity contribution is -0.143. The molecule has 4 atom stereocenters. The first-order valence-electron chi connectivity index (χ1n) is 10.2. The molecule has 3 aliphatic heterocycles. The van der Waals surface area contributed by atoms with Crippen LogP contribution < -0.4 is 11.5 Å². The standard InChI is InChI=1S/C22H22N4O6/c1-10-15(23)18(28)14-12(9-32-21(24)30)22(31-2)19-13(8-25(22)16(14)17(10)27)26(19)20(29)11-6-4-3-5-7-11/h3-7,12-13,19H,8-9,23H2,1-2H3,(H2,24,30)/t12-,13+,19+,22-,26?/m1/s1. The minimum Gasteiger partial charge on any atom is -0.449 e. The summed E-state index contributed by atoms with van der Waals surface area (Å²) in [5.41, 5.74) is 10.7. The number of nitrogens with two attached hydrogens (primary N) is 2. The van der Waals surface area contributed by atoms with E-state index in [1.807, 2.05) is 6.07 Å². The molecule has 1 aromatic carbocycles. The maximum absolute atomic E-state index is 13.2. The summed E-state index contributed by atoms with van der Waals surface area (Å²) in [6.45, 7) is 1.51. The lowest BCUT2D eigenvalue weighted by Gasteiger charge is -2.41. The van der Waals surface area contributed by atoms with Crippen LogP contribution in [0.1, 0.15) is 17.3 Å². The van der Waals surface area contributed by atoms with Crippen LogP contribution in [-0.2, 0) is 19.1 Å². The number of primary amides is 1. The van der Waals surface area contributed by atoms with E-state index in [1.165, 1.54) is 14.0 Å². The number of methoxy groups -OCH3 is 1. The van der Waals surface area contributed by atoms with Gasteiger partial charge in [0.1, 0.15) is 12.6 Å². The number of carbonyl (C=O) groups is 4. The van der Waals surface area contributed by atoms with Crippen LogP contribution in [0.15, 0.2) is 52.9 Å². The SMILES string of the molecule is CO[C@@]12[C@H](COC(N)=O)C3=C(C(=O)C(C)=C(N)C3=O)N1C[C@H]1[C@@H]2N1C(=O)c1ccccc1. The van der Waals surface area contributed by atoms with Gasteiger partial charge in [0.05, 0.1) is 23.4 Å². The highest BCUT2D eigenvalue weighted by Gasteiger charge is 2.77. The van der Waals surface area contributed by atoms with Crippen LogP contribution in [0.2, 0.25) is 0 Å². The topological polar surface area (TPSA) is 145 Å². The van der Waals surface area contributed by atoms with E-state index in [0.29, 0.717) is 12.1 Å². The largest absolute Gasteiger partial charge is 0.449 e. The molecule has 2 amide bonds. The summed E-state index contributed by atoms with van der Waals surface area (Å²) in [7, 11) is 1.45. The van der Waals surface area contributed by atoms with Crippen molar-refractivity contribution in [2.45, 2.75) is 24.7 Å². The van der Waals surface area contributed by atoms with E-state index < -0.39 is 29.6 Å². The van der Waals surface area contributed by atoms with Crippen molar-refractivity contribution in [1.29, 1.82) is 0 Å². The molecule has 0 bridgehead atoms. The molecule has 32 heavy (non-hydrogen) atoms. The summed E-state index contributed by atoms with van der Waals surface area (Å²) in [6, 6.07) is 8.15. The molecule has 3 heterocycles. The van der Waals surface area contributed by atoms with Gasteiger partial charge in [-0.25, -0.2) is 4.79 Å². The molecule has 10 nitrogen and oxygen atoms in total. The molecule has 4 aliphatic rings. The molecule has 1 aromatic rings. The highest BCUT2D eigenvalue weighted by molar-refractivity contribution is 6.25. The van der Waals surface area contributed by atoms with Gasteiger partial charge in [-0.1, -0.05) is 18.2 Å². The molecule has 5 rings (SSSR count). The lowest BCUT2D eigenvalue weighted by Crippen LogP contribution is -2.56. The molecule has 166 valence electrons. The zero-order valence-electron chi connectivity index (χ0n) is 17.5. The van der Waals surface area contributed by atoms with E-state index in [4.69, 9.17) is 20.9 Å². The summed E-state index contributed by atoms with van der Waals surface area (Å²) in [4.78, 5) is 54.3. The molecule has 2 saturated heterocycles. The summed E-state index contributed by atoms with van der Waals surface area (Å²) in [5.74, 6) is -1.90. The van der Waals surface area contributed by atoms with Gasteiger partial charge in [-0.15, -0.1) is 0 Å². The van der Waals surface area contributed by atoms with Gasteiger partial charge >= 0.3 is 6.09 Å². The van der Waals surface area contributed by atoms with Gasteiger partial charge in [0.2, 0.25) is 11.6 Å². The van der Waals surface area contributed by atoms with E-state index >= 15 is 0 Å². The molecule has 0 spiro atoms. The number of fused-ring (bicyclic) bond motifs is 4. The number of carbonyl (C=O) groups excluding carboxylic acids is 4. The molecular weight excluding hydrogens is 416 g/mol. The molecule has 0 saturated carbocycles. The number of piperazine rings is 1. The fourth-order valence-electron chi connectivity index (χ4n) is 5.48. The first kappa shape index (κ1) is 20.3. The number of hydrogen-bond donors (Lipinski definition) is 2. The van der Waals surface area contributed by atoms with Gasteiger partial charge < -0.3 is 30.7 Å². The van der Waals surface area contributed by atoms with Crippen molar-refractivity contribution in [3.8, 4) is 0 Å². The second-order valence-electron chi connectivity index (χ2n) is 8.30. The Bertz CT molecular complexity index is 1140. The van der Waals surface area contributed by atoms with E-state index in [2.05, 4.69) is 0 Å². The van der Waals surface area contributed by atoms with Crippen molar-refractivity contribution in [2.24, 2.45) is 17.4 Å². The van der Waals surface area contributed by atoms with Crippen LogP contribution in [0.4, 0.5) is 4.79 Å². The van der Waals surface area contributed by atoms with Gasteiger partial charge in [-0.05, 0) is 19.1 Å². The number of ether oxygens (including phenoxy) is 2. The lowest BCUT2D eigenvalue weighted by atomic mass is 9.82. The minimum absolute atomic E-state index is 0.138. The Morgan fingerprint density at radius 3 is 2.50 bits per heavy atom. The summed E-state index contributed by atoms with van der Waals surface area (Å²) in [5, 5.41) is 0. The molecule has 4 N–H and O–H groups in total. The first-order valence-corrected chi connectivity index (χ1v) is 10.2. The Labute approximate surface area is 183 Å². The van der Waals surface area contributed by atoms with Crippen LogP contribution in [0, 0.1) is 5.92 Å². The zero-order chi connectivity index (χ0) is 22.9. The number of amides is 2. The number of hydrogen-bond acceptors (Lipinski definition) is 8. The van der Waals surface area contributed by atoms with Gasteiger partial charge in [0, 0.05) is 30.4 Å². The number of allylic oxidation sites excluding steroid dienone is 2. The quantitative estimate of drug-likeness (QED) is 0.490. The maximum Gasteiger partial charge on any atom is 0.404 e. The highest BCUT2D eigenvalue weighted by Crippen LogP contribution is 2.60. The van der Waals surface area contributed by atoms with E-state index in [1.54, 1.807) is 34.1 Å². The average molecular weight is 438 g/mol. The summed E-state index contributed by atoms with van der Waals surface area (Å²) < 4.78 is 11.1. The third-order valence-electron chi connectivity index (χ3n) is 6.94. The van der Waals surface area contributed by atoms with Crippen LogP contribution >= 0.6 is 0 Å². The van der Waals surface area contributed by atoms with E-state index in [-0.39, 0.29) is 46.9 Å². The number of benzene rings is 1. The van der Waals surface area contributed by atoms with E-state index in [9.17, 15) is 19.2 Å². The summed E-state index contributed by atoms with van der Waals surface area (Å²) in [6.07, 6.45) is -1.02. The second-order valence-corrected chi connectivity index (χ2v) is 8.30. The second kappa shape index (κ2) is 6.67. The van der Waals surface area contributed by atoms with Crippen LogP contribution in [0.3, 0.4) is 0 Å². The van der Waals surface area contributed by atoms with Crippen LogP contribution in [0.5, 0.6) is 0 Å². The third-order valence-corrected chi connectivity index (χ3v) is 6.94. The van der Waals surface area contributed by atoms with Gasteiger partial charge in [-0.3, -0.25) is 14.4 Å². The van der Waals surface area contributed by atoms with Crippen molar-refractivity contribution >= 4 is 23.6 Å². The van der Waals surface area contributed by atoms with Crippen LogP contribution in [-0.4, -0.2) is 71.4 Å². The monoisotopic (exact) mass is 438 g/mol. The summed E-state index contributed by atoms with van der Waals surface area (Å²) >= 11 is 0. The van der Waals surface area contributed by atoms with Gasteiger partial charge in [0.25, 0.3) is 5.91 Å². The zero-order valence-corrected chi connectivity index (χ0v) is 17.5. The Morgan fingerprint density at radius 2 is 1.88 bits per heavy atom. The molecule has 1 aliphatic carbocycles. The van der Waals surface area contributed by atoms with Crippen molar-refractivity contribution < 1.29 is 28.7 Å². The van der Waals surface area contributed by atoms with Crippen molar-refractivity contribution in [2.75, 3.05) is 20.3 Å². The van der Waals surface area contributed by atoms with Gasteiger partial charge in [0.15, 0.2) is 5.72 Å². The smallest absolute Gasteiger partial charge is 0.404 e. The first-order chi connectivity index (χ1) is 15.3. The van der Waals surface area contributed by atoms with E-state index in [0.717, 1.165) is 0 Å². The highest BCUT2D eigenvalue weighted by atomic mass is 16.6. The normalized spacial score (nSPS) is 30.4.